The molecule has 4 rings (SSSR count). The summed E-state index contributed by atoms with van der Waals surface area (Å²) >= 11 is 0. The molecule has 27 heavy (non-hydrogen) atoms. The van der Waals surface area contributed by atoms with Crippen molar-refractivity contribution >= 4 is 23.0 Å². The van der Waals surface area contributed by atoms with Crippen LogP contribution in [0, 0.1) is 5.82 Å². The summed E-state index contributed by atoms with van der Waals surface area (Å²) in [5, 5.41) is 4.61. The fourth-order valence-electron chi connectivity index (χ4n) is 2.93. The van der Waals surface area contributed by atoms with E-state index in [1.54, 1.807) is 30.6 Å². The molecule has 5 nitrogen and oxygen atoms in total. The van der Waals surface area contributed by atoms with Crippen molar-refractivity contribution in [2.24, 2.45) is 5.10 Å². The molecule has 0 saturated carbocycles. The van der Waals surface area contributed by atoms with Crippen LogP contribution in [-0.2, 0) is 0 Å². The van der Waals surface area contributed by atoms with Gasteiger partial charge in [-0.15, -0.1) is 0 Å². The highest BCUT2D eigenvalue weighted by Gasteiger charge is 2.20. The molecule has 0 bridgehead atoms. The number of aromatic nitrogens is 2. The molecule has 4 aromatic rings. The zero-order valence-electron chi connectivity index (χ0n) is 14.2. The van der Waals surface area contributed by atoms with Crippen LogP contribution in [0.3, 0.4) is 0 Å². The summed E-state index contributed by atoms with van der Waals surface area (Å²) < 4.78 is 14.2. The summed E-state index contributed by atoms with van der Waals surface area (Å²) in [5.74, 6) is -0.868. The molecule has 0 radical (unpaired) electrons. The average Bonchev–Trinajstić information content (AvgIpc) is 3.10. The third kappa shape index (κ3) is 3.32. The minimum Gasteiger partial charge on any atom is -0.348 e. The predicted octanol–water partition coefficient (Wildman–Crippen LogP) is 4.13. The van der Waals surface area contributed by atoms with Crippen molar-refractivity contribution in [1.29, 1.82) is 0 Å². The summed E-state index contributed by atoms with van der Waals surface area (Å²) in [6.07, 6.45) is 4.78. The van der Waals surface area contributed by atoms with Gasteiger partial charge in [0, 0.05) is 28.9 Å². The Hall–Kier alpha value is -3.80. The minimum atomic E-state index is -0.454. The van der Waals surface area contributed by atoms with Gasteiger partial charge in [-0.25, -0.2) is 9.82 Å². The van der Waals surface area contributed by atoms with Crippen molar-refractivity contribution in [3.05, 3.63) is 90.1 Å². The molecular weight excluding hydrogens is 343 g/mol. The lowest BCUT2D eigenvalue weighted by Crippen LogP contribution is -2.18. The van der Waals surface area contributed by atoms with Crippen molar-refractivity contribution in [3.63, 3.8) is 0 Å². The molecule has 132 valence electrons. The molecule has 0 unspecified atom stereocenters. The van der Waals surface area contributed by atoms with E-state index in [1.165, 1.54) is 12.3 Å². The smallest absolute Gasteiger partial charge is 0.288 e. The van der Waals surface area contributed by atoms with Crippen molar-refractivity contribution < 1.29 is 9.18 Å². The minimum absolute atomic E-state index is 0.254. The highest BCUT2D eigenvalue weighted by Crippen LogP contribution is 2.33. The number of hydrazone groups is 1. The zero-order valence-corrected chi connectivity index (χ0v) is 14.2. The lowest BCUT2D eigenvalue weighted by atomic mass is 10.0. The van der Waals surface area contributed by atoms with Crippen molar-refractivity contribution in [3.8, 4) is 11.1 Å². The number of rotatable bonds is 4. The first-order chi connectivity index (χ1) is 13.2. The maximum absolute atomic E-state index is 14.2. The Morgan fingerprint density at radius 3 is 2.70 bits per heavy atom. The Balaban J connectivity index is 1.73. The van der Waals surface area contributed by atoms with Gasteiger partial charge in [0.05, 0.1) is 11.7 Å². The fraction of sp³-hybridized carbons (Fsp3) is 0. The molecule has 0 spiro atoms. The van der Waals surface area contributed by atoms with E-state index < -0.39 is 11.7 Å². The number of halogens is 1. The van der Waals surface area contributed by atoms with Crippen molar-refractivity contribution in [2.45, 2.75) is 0 Å². The quantitative estimate of drug-likeness (QED) is 0.425. The highest BCUT2D eigenvalue weighted by molar-refractivity contribution is 6.09. The standard InChI is InChI=1S/C21H15FN4O/c22-17-10-4-9-16-18(15-7-2-1-3-8-15)20(25-19(16)17)21(27)26-24-13-14-6-5-11-23-12-14/h1-13,25H,(H,26,27)/b24-13-. The van der Waals surface area contributed by atoms with E-state index in [9.17, 15) is 9.18 Å². The van der Waals surface area contributed by atoms with Gasteiger partial charge in [0.15, 0.2) is 0 Å². The van der Waals surface area contributed by atoms with Crippen LogP contribution in [0.5, 0.6) is 0 Å². The Labute approximate surface area is 154 Å². The van der Waals surface area contributed by atoms with E-state index >= 15 is 0 Å². The van der Waals surface area contributed by atoms with Crippen LogP contribution in [0.4, 0.5) is 4.39 Å². The number of aromatic amines is 1. The monoisotopic (exact) mass is 358 g/mol. The second-order valence-corrected chi connectivity index (χ2v) is 5.89. The van der Waals surface area contributed by atoms with Gasteiger partial charge in [-0.1, -0.05) is 48.5 Å². The van der Waals surface area contributed by atoms with Gasteiger partial charge in [0.25, 0.3) is 5.91 Å². The molecule has 2 N–H and O–H groups in total. The first-order valence-corrected chi connectivity index (χ1v) is 8.33. The third-order valence-electron chi connectivity index (χ3n) is 4.14. The number of hydrogen-bond acceptors (Lipinski definition) is 3. The van der Waals surface area contributed by atoms with Gasteiger partial charge in [-0.3, -0.25) is 9.78 Å². The summed E-state index contributed by atoms with van der Waals surface area (Å²) in [6.45, 7) is 0. The van der Waals surface area contributed by atoms with Crippen molar-refractivity contribution in [1.82, 2.24) is 15.4 Å². The van der Waals surface area contributed by atoms with Gasteiger partial charge in [-0.2, -0.15) is 5.10 Å². The summed E-state index contributed by atoms with van der Waals surface area (Å²) in [5.41, 5.74) is 5.24. The largest absolute Gasteiger partial charge is 0.348 e. The van der Waals surface area contributed by atoms with Gasteiger partial charge in [-0.05, 0) is 17.7 Å². The van der Waals surface area contributed by atoms with Crippen LogP contribution < -0.4 is 5.43 Å². The zero-order chi connectivity index (χ0) is 18.6. The number of fused-ring (bicyclic) bond motifs is 1. The van der Waals surface area contributed by atoms with Gasteiger partial charge in [0.2, 0.25) is 0 Å². The van der Waals surface area contributed by atoms with E-state index in [0.29, 0.717) is 10.9 Å². The second kappa shape index (κ2) is 7.21. The van der Waals surface area contributed by atoms with Crippen molar-refractivity contribution in [2.75, 3.05) is 0 Å². The number of carbonyl (C=O) groups is 1. The molecular formula is C21H15FN4O. The molecule has 0 fully saturated rings. The number of nitrogens with one attached hydrogen (secondary N) is 2. The Morgan fingerprint density at radius 2 is 1.93 bits per heavy atom. The normalized spacial score (nSPS) is 11.1. The molecule has 0 aliphatic heterocycles. The SMILES string of the molecule is O=C(N/N=C\c1cccnc1)c1[nH]c2c(F)cccc2c1-c1ccccc1. The topological polar surface area (TPSA) is 70.1 Å². The molecule has 0 aliphatic rings. The van der Waals surface area contributed by atoms with E-state index in [-0.39, 0.29) is 11.2 Å². The molecule has 1 amide bonds. The molecule has 2 aromatic heterocycles. The Morgan fingerprint density at radius 1 is 1.07 bits per heavy atom. The van der Waals surface area contributed by atoms with Gasteiger partial charge < -0.3 is 4.98 Å². The molecule has 0 atom stereocenters. The highest BCUT2D eigenvalue weighted by atomic mass is 19.1. The fourth-order valence-corrected chi connectivity index (χ4v) is 2.93. The second-order valence-electron chi connectivity index (χ2n) is 5.89. The lowest BCUT2D eigenvalue weighted by Gasteiger charge is -2.04. The number of amides is 1. The van der Waals surface area contributed by atoms with Crippen LogP contribution in [0.25, 0.3) is 22.0 Å². The predicted molar refractivity (Wildman–Crippen MR) is 103 cm³/mol. The van der Waals surface area contributed by atoms with E-state index in [2.05, 4.69) is 20.5 Å². The van der Waals surface area contributed by atoms with E-state index in [1.807, 2.05) is 36.4 Å². The molecule has 2 aromatic carbocycles. The molecule has 2 heterocycles. The van der Waals surface area contributed by atoms with Crippen LogP contribution in [0.15, 0.2) is 78.2 Å². The number of pyridine rings is 1. The third-order valence-corrected chi connectivity index (χ3v) is 4.14. The van der Waals surface area contributed by atoms with E-state index in [4.69, 9.17) is 0 Å². The first kappa shape index (κ1) is 16.7. The number of hydrogen-bond donors (Lipinski definition) is 2. The van der Waals surface area contributed by atoms with Gasteiger partial charge in [0.1, 0.15) is 11.5 Å². The first-order valence-electron chi connectivity index (χ1n) is 8.33. The maximum atomic E-state index is 14.2. The average molecular weight is 358 g/mol. The van der Waals surface area contributed by atoms with Gasteiger partial charge >= 0.3 is 0 Å². The number of H-pyrrole nitrogens is 1. The maximum Gasteiger partial charge on any atom is 0.288 e. The number of benzene rings is 2. The summed E-state index contributed by atoms with van der Waals surface area (Å²) in [7, 11) is 0. The van der Waals surface area contributed by atoms with Crippen LogP contribution in [0.2, 0.25) is 0 Å². The Kier molecular flexibility index (Phi) is 4.45. The van der Waals surface area contributed by atoms with Crippen LogP contribution in [0.1, 0.15) is 16.1 Å². The summed E-state index contributed by atoms with van der Waals surface area (Å²) in [6, 6.07) is 17.7. The molecule has 6 heteroatoms. The molecule has 0 saturated heterocycles. The number of carbonyl (C=O) groups excluding carboxylic acids is 1. The lowest BCUT2D eigenvalue weighted by molar-refractivity contribution is 0.0951. The number of para-hydroxylation sites is 1. The van der Waals surface area contributed by atoms with Crippen LogP contribution in [-0.4, -0.2) is 22.1 Å². The van der Waals surface area contributed by atoms with Crippen LogP contribution >= 0.6 is 0 Å². The number of nitrogens with zero attached hydrogens (tertiary/aromatic N) is 2. The Bertz CT molecular complexity index is 1120. The van der Waals surface area contributed by atoms with E-state index in [0.717, 1.165) is 11.1 Å². The molecule has 0 aliphatic carbocycles. The summed E-state index contributed by atoms with van der Waals surface area (Å²) in [4.78, 5) is 19.6.